The van der Waals surface area contributed by atoms with Crippen LogP contribution in [0.3, 0.4) is 0 Å². The number of thiophene rings is 1. The van der Waals surface area contributed by atoms with Gasteiger partial charge in [-0.25, -0.2) is 9.18 Å². The Kier molecular flexibility index (Phi) is 5.54. The lowest BCUT2D eigenvalue weighted by atomic mass is 9.79. The van der Waals surface area contributed by atoms with Crippen molar-refractivity contribution in [2.75, 3.05) is 26.2 Å². The SMILES string of the molecule is O=C(NCc1sccc1-c1cccc(F)c1)OC1C[N+]2(CC3CCC3)CCC1CC2. The summed E-state index contributed by atoms with van der Waals surface area (Å²) in [6.45, 7) is 5.19. The van der Waals surface area contributed by atoms with Crippen molar-refractivity contribution in [2.24, 2.45) is 11.8 Å². The fourth-order valence-corrected chi connectivity index (χ4v) is 6.39. The maximum absolute atomic E-state index is 13.6. The van der Waals surface area contributed by atoms with Gasteiger partial charge < -0.3 is 14.5 Å². The molecule has 0 radical (unpaired) electrons. The van der Waals surface area contributed by atoms with Crippen LogP contribution >= 0.6 is 11.3 Å². The molecular weight excluding hydrogens is 399 g/mol. The molecule has 3 aliphatic heterocycles. The molecule has 4 fully saturated rings. The van der Waals surface area contributed by atoms with E-state index in [1.807, 2.05) is 17.5 Å². The zero-order valence-electron chi connectivity index (χ0n) is 17.3. The predicted octanol–water partition coefficient (Wildman–Crippen LogP) is 5.19. The summed E-state index contributed by atoms with van der Waals surface area (Å²) in [6.07, 6.45) is 6.22. The summed E-state index contributed by atoms with van der Waals surface area (Å²) in [5, 5.41) is 4.92. The number of nitrogens with one attached hydrogen (secondary N) is 1. The fourth-order valence-electron chi connectivity index (χ4n) is 5.56. The van der Waals surface area contributed by atoms with E-state index in [-0.39, 0.29) is 18.0 Å². The van der Waals surface area contributed by atoms with E-state index in [1.165, 1.54) is 63.9 Å². The minimum atomic E-state index is -0.325. The summed E-state index contributed by atoms with van der Waals surface area (Å²) in [5.74, 6) is 1.15. The van der Waals surface area contributed by atoms with Crippen molar-refractivity contribution in [1.29, 1.82) is 0 Å². The summed E-state index contributed by atoms with van der Waals surface area (Å²) >= 11 is 1.57. The Morgan fingerprint density at radius 1 is 1.20 bits per heavy atom. The van der Waals surface area contributed by atoms with Crippen molar-refractivity contribution in [3.63, 3.8) is 0 Å². The van der Waals surface area contributed by atoms with Crippen LogP contribution in [0.2, 0.25) is 0 Å². The van der Waals surface area contributed by atoms with Gasteiger partial charge in [0.25, 0.3) is 0 Å². The van der Waals surface area contributed by atoms with Gasteiger partial charge >= 0.3 is 6.09 Å². The molecule has 1 saturated carbocycles. The van der Waals surface area contributed by atoms with Crippen LogP contribution in [0.15, 0.2) is 35.7 Å². The van der Waals surface area contributed by atoms with Crippen molar-refractivity contribution < 1.29 is 18.4 Å². The number of rotatable bonds is 6. The molecule has 2 bridgehead atoms. The van der Waals surface area contributed by atoms with E-state index in [9.17, 15) is 9.18 Å². The van der Waals surface area contributed by atoms with Crippen LogP contribution in [0.25, 0.3) is 11.1 Å². The van der Waals surface area contributed by atoms with Crippen LogP contribution in [0.4, 0.5) is 9.18 Å². The molecule has 1 atom stereocenters. The molecule has 1 aromatic carbocycles. The molecule has 3 saturated heterocycles. The Balaban J connectivity index is 1.18. The average Bonchev–Trinajstić information content (AvgIpc) is 3.19. The highest BCUT2D eigenvalue weighted by atomic mass is 32.1. The topological polar surface area (TPSA) is 38.3 Å². The van der Waals surface area contributed by atoms with Crippen LogP contribution < -0.4 is 5.32 Å². The van der Waals surface area contributed by atoms with Gasteiger partial charge in [-0.05, 0) is 47.5 Å². The molecular formula is C24H30FN2O2S+. The molecule has 1 aromatic heterocycles. The number of fused-ring (bicyclic) bond motifs is 3. The van der Waals surface area contributed by atoms with E-state index >= 15 is 0 Å². The minimum Gasteiger partial charge on any atom is -0.440 e. The lowest BCUT2D eigenvalue weighted by molar-refractivity contribution is -0.949. The third-order valence-electron chi connectivity index (χ3n) is 7.44. The zero-order valence-corrected chi connectivity index (χ0v) is 18.1. The monoisotopic (exact) mass is 429 g/mol. The summed E-state index contributed by atoms with van der Waals surface area (Å²) < 4.78 is 20.7. The number of halogens is 1. The molecule has 1 unspecified atom stereocenters. The van der Waals surface area contributed by atoms with Gasteiger partial charge in [-0.3, -0.25) is 0 Å². The van der Waals surface area contributed by atoms with E-state index in [0.717, 1.165) is 32.9 Å². The van der Waals surface area contributed by atoms with E-state index in [1.54, 1.807) is 17.4 Å². The molecule has 1 amide bonds. The van der Waals surface area contributed by atoms with Gasteiger partial charge in [0.2, 0.25) is 0 Å². The van der Waals surface area contributed by atoms with Crippen molar-refractivity contribution in [3.8, 4) is 11.1 Å². The molecule has 0 spiro atoms. The van der Waals surface area contributed by atoms with Gasteiger partial charge in [0, 0.05) is 29.6 Å². The Bertz CT molecular complexity index is 902. The maximum atomic E-state index is 13.6. The lowest BCUT2D eigenvalue weighted by Gasteiger charge is -2.53. The number of carbonyl (C=O) groups excluding carboxylic acids is 1. The van der Waals surface area contributed by atoms with Gasteiger partial charge in [0.1, 0.15) is 12.4 Å². The number of amides is 1. The third kappa shape index (κ3) is 4.12. The summed E-state index contributed by atoms with van der Waals surface area (Å²) in [7, 11) is 0. The predicted molar refractivity (Wildman–Crippen MR) is 117 cm³/mol. The van der Waals surface area contributed by atoms with E-state index in [2.05, 4.69) is 5.32 Å². The second-order valence-corrected chi connectivity index (χ2v) is 10.4. The van der Waals surface area contributed by atoms with Crippen molar-refractivity contribution in [3.05, 3.63) is 46.4 Å². The number of carbonyl (C=O) groups is 1. The lowest BCUT2D eigenvalue weighted by Crippen LogP contribution is -2.66. The summed E-state index contributed by atoms with van der Waals surface area (Å²) in [6, 6.07) is 8.56. The number of ether oxygens (including phenoxy) is 1. The molecule has 30 heavy (non-hydrogen) atoms. The van der Waals surface area contributed by atoms with Crippen LogP contribution in [-0.2, 0) is 11.3 Å². The van der Waals surface area contributed by atoms with E-state index in [4.69, 9.17) is 4.74 Å². The number of hydrogen-bond acceptors (Lipinski definition) is 3. The van der Waals surface area contributed by atoms with Crippen LogP contribution in [0.5, 0.6) is 0 Å². The quantitative estimate of drug-likeness (QED) is 0.642. The first-order chi connectivity index (χ1) is 14.6. The number of benzene rings is 1. The fraction of sp³-hybridized carbons (Fsp3) is 0.542. The first-order valence-corrected chi connectivity index (χ1v) is 12.1. The van der Waals surface area contributed by atoms with Gasteiger partial charge in [-0.2, -0.15) is 0 Å². The normalized spacial score (nSPS) is 28.2. The maximum Gasteiger partial charge on any atom is 0.407 e. The molecule has 4 nitrogen and oxygen atoms in total. The highest BCUT2D eigenvalue weighted by Gasteiger charge is 2.48. The Morgan fingerprint density at radius 3 is 2.77 bits per heavy atom. The van der Waals surface area contributed by atoms with Crippen LogP contribution in [0, 0.1) is 17.7 Å². The largest absolute Gasteiger partial charge is 0.440 e. The van der Waals surface area contributed by atoms with E-state index < -0.39 is 0 Å². The Hall–Kier alpha value is -1.92. The number of quaternary nitrogens is 1. The van der Waals surface area contributed by atoms with Gasteiger partial charge in [-0.15, -0.1) is 11.3 Å². The highest BCUT2D eigenvalue weighted by Crippen LogP contribution is 2.39. The Morgan fingerprint density at radius 2 is 2.03 bits per heavy atom. The van der Waals surface area contributed by atoms with Crippen molar-refractivity contribution >= 4 is 17.4 Å². The molecule has 6 rings (SSSR count). The molecule has 4 aliphatic rings. The van der Waals surface area contributed by atoms with Crippen LogP contribution in [-0.4, -0.2) is 42.9 Å². The Labute approximate surface area is 181 Å². The molecule has 160 valence electrons. The first kappa shape index (κ1) is 20.0. The summed E-state index contributed by atoms with van der Waals surface area (Å²) in [5.41, 5.74) is 1.80. The highest BCUT2D eigenvalue weighted by molar-refractivity contribution is 7.10. The average molecular weight is 430 g/mol. The molecule has 2 aromatic rings. The molecule has 4 heterocycles. The molecule has 1 N–H and O–H groups in total. The van der Waals surface area contributed by atoms with Crippen LogP contribution in [0.1, 0.15) is 37.0 Å². The first-order valence-electron chi connectivity index (χ1n) is 11.2. The molecule has 6 heteroatoms. The second kappa shape index (κ2) is 8.31. The number of alkyl carbamates (subject to hydrolysis) is 1. The van der Waals surface area contributed by atoms with Gasteiger partial charge in [-0.1, -0.05) is 18.6 Å². The van der Waals surface area contributed by atoms with Crippen molar-refractivity contribution in [1.82, 2.24) is 5.32 Å². The zero-order chi connectivity index (χ0) is 20.6. The van der Waals surface area contributed by atoms with Gasteiger partial charge in [0.05, 0.1) is 26.2 Å². The third-order valence-corrected chi connectivity index (χ3v) is 8.37. The number of hydrogen-bond donors (Lipinski definition) is 1. The van der Waals surface area contributed by atoms with Gasteiger partial charge in [0.15, 0.2) is 6.10 Å². The van der Waals surface area contributed by atoms with Crippen molar-refractivity contribution in [2.45, 2.75) is 44.8 Å². The molecule has 1 aliphatic carbocycles. The number of piperidine rings is 3. The standard InChI is InChI=1S/C24H29FN2O2S/c25-20-6-2-5-19(13-20)21-9-12-30-23(21)14-26-24(28)29-22-16-27(15-17-3-1-4-17)10-7-18(22)8-11-27/h2,5-6,9,12-13,17-18,22H,1,3-4,7-8,10-11,14-16H2/p+1. The smallest absolute Gasteiger partial charge is 0.407 e. The number of nitrogens with zero attached hydrogens (tertiary/aromatic N) is 1. The minimum absolute atomic E-state index is 0.0404. The summed E-state index contributed by atoms with van der Waals surface area (Å²) in [4.78, 5) is 13.6. The van der Waals surface area contributed by atoms with E-state index in [0.29, 0.717) is 12.5 Å². The second-order valence-electron chi connectivity index (χ2n) is 9.35.